The third kappa shape index (κ3) is 5.16. The van der Waals surface area contributed by atoms with Crippen LogP contribution in [0.1, 0.15) is 29.8 Å². The van der Waals surface area contributed by atoms with Gasteiger partial charge in [-0.05, 0) is 37.3 Å². The highest BCUT2D eigenvalue weighted by molar-refractivity contribution is 6.05. The number of esters is 1. The van der Waals surface area contributed by atoms with Gasteiger partial charge < -0.3 is 15.0 Å². The van der Waals surface area contributed by atoms with Crippen molar-refractivity contribution in [3.05, 3.63) is 59.7 Å². The SMILES string of the molecule is CCOC(=O)c1ccccc1NC(=O)CN(C(C)=O)c1cccc(C#N)c1. The number of carbonyl (C=O) groups excluding carboxylic acids is 3. The maximum atomic E-state index is 12.5. The van der Waals surface area contributed by atoms with Gasteiger partial charge in [0.15, 0.2) is 0 Å². The average Bonchev–Trinajstić information content (AvgIpc) is 2.66. The molecule has 7 nitrogen and oxygen atoms in total. The number of hydrogen-bond acceptors (Lipinski definition) is 5. The molecule has 2 amide bonds. The molecule has 0 aliphatic rings. The second kappa shape index (κ2) is 9.15. The molecule has 0 saturated heterocycles. The van der Waals surface area contributed by atoms with Crippen LogP contribution in [0.25, 0.3) is 0 Å². The quantitative estimate of drug-likeness (QED) is 0.794. The number of nitrogens with zero attached hydrogens (tertiary/aromatic N) is 2. The smallest absolute Gasteiger partial charge is 0.340 e. The van der Waals surface area contributed by atoms with Crippen LogP contribution < -0.4 is 10.2 Å². The standard InChI is InChI=1S/C20H19N3O4/c1-3-27-20(26)17-9-4-5-10-18(17)22-19(25)13-23(14(2)24)16-8-6-7-15(11-16)12-21/h4-11H,3,13H2,1-2H3,(H,22,25). The molecule has 2 aromatic carbocycles. The number of benzene rings is 2. The number of para-hydroxylation sites is 1. The van der Waals surface area contributed by atoms with E-state index in [1.54, 1.807) is 49.4 Å². The van der Waals surface area contributed by atoms with Gasteiger partial charge in [0.1, 0.15) is 6.54 Å². The van der Waals surface area contributed by atoms with Crippen LogP contribution in [-0.4, -0.2) is 30.9 Å². The van der Waals surface area contributed by atoms with Gasteiger partial charge in [-0.3, -0.25) is 9.59 Å². The Bertz CT molecular complexity index is 902. The van der Waals surface area contributed by atoms with Crippen LogP contribution in [0.2, 0.25) is 0 Å². The lowest BCUT2D eigenvalue weighted by Gasteiger charge is -2.21. The van der Waals surface area contributed by atoms with Crippen molar-refractivity contribution in [2.45, 2.75) is 13.8 Å². The van der Waals surface area contributed by atoms with Gasteiger partial charge in [0.2, 0.25) is 11.8 Å². The number of hydrogen-bond donors (Lipinski definition) is 1. The van der Waals surface area contributed by atoms with Gasteiger partial charge in [0, 0.05) is 12.6 Å². The normalized spacial score (nSPS) is 9.81. The highest BCUT2D eigenvalue weighted by Crippen LogP contribution is 2.19. The number of ether oxygens (including phenoxy) is 1. The van der Waals surface area contributed by atoms with Gasteiger partial charge >= 0.3 is 5.97 Å². The number of nitriles is 1. The maximum Gasteiger partial charge on any atom is 0.340 e. The summed E-state index contributed by atoms with van der Waals surface area (Å²) < 4.78 is 4.98. The van der Waals surface area contributed by atoms with Crippen LogP contribution in [0.4, 0.5) is 11.4 Å². The molecule has 0 unspecified atom stereocenters. The molecular formula is C20H19N3O4. The Labute approximate surface area is 157 Å². The minimum absolute atomic E-state index is 0.217. The van der Waals surface area contributed by atoms with Crippen LogP contribution in [0.5, 0.6) is 0 Å². The van der Waals surface area contributed by atoms with Gasteiger partial charge in [-0.25, -0.2) is 4.79 Å². The molecule has 1 N–H and O–H groups in total. The maximum absolute atomic E-state index is 12.5. The predicted octanol–water partition coefficient (Wildman–Crippen LogP) is 2.73. The third-order valence-electron chi connectivity index (χ3n) is 3.67. The molecule has 2 aromatic rings. The van der Waals surface area contributed by atoms with E-state index in [2.05, 4.69) is 5.32 Å². The molecule has 0 aliphatic heterocycles. The lowest BCUT2D eigenvalue weighted by molar-refractivity contribution is -0.120. The average molecular weight is 365 g/mol. The molecule has 0 saturated carbocycles. The zero-order chi connectivity index (χ0) is 19.8. The Morgan fingerprint density at radius 2 is 1.89 bits per heavy atom. The number of rotatable bonds is 6. The van der Waals surface area contributed by atoms with Crippen LogP contribution in [-0.2, 0) is 14.3 Å². The van der Waals surface area contributed by atoms with E-state index in [9.17, 15) is 14.4 Å². The lowest BCUT2D eigenvalue weighted by atomic mass is 10.1. The number of amides is 2. The number of nitrogens with one attached hydrogen (secondary N) is 1. The summed E-state index contributed by atoms with van der Waals surface area (Å²) in [5.41, 5.74) is 1.35. The summed E-state index contributed by atoms with van der Waals surface area (Å²) in [5.74, 6) is -1.37. The summed E-state index contributed by atoms with van der Waals surface area (Å²) in [6.07, 6.45) is 0. The summed E-state index contributed by atoms with van der Waals surface area (Å²) in [7, 11) is 0. The highest BCUT2D eigenvalue weighted by atomic mass is 16.5. The van der Waals surface area contributed by atoms with E-state index in [1.807, 2.05) is 6.07 Å². The Morgan fingerprint density at radius 3 is 2.56 bits per heavy atom. The van der Waals surface area contributed by atoms with Crippen LogP contribution >= 0.6 is 0 Å². The molecule has 7 heteroatoms. The summed E-state index contributed by atoms with van der Waals surface area (Å²) >= 11 is 0. The Morgan fingerprint density at radius 1 is 1.15 bits per heavy atom. The third-order valence-corrected chi connectivity index (χ3v) is 3.67. The largest absolute Gasteiger partial charge is 0.462 e. The van der Waals surface area contributed by atoms with E-state index in [0.717, 1.165) is 0 Å². The monoisotopic (exact) mass is 365 g/mol. The van der Waals surface area contributed by atoms with Gasteiger partial charge in [-0.15, -0.1) is 0 Å². The molecule has 0 spiro atoms. The van der Waals surface area contributed by atoms with E-state index in [4.69, 9.17) is 10.00 Å². The second-order valence-electron chi connectivity index (χ2n) is 5.58. The van der Waals surface area contributed by atoms with Crippen molar-refractivity contribution in [3.63, 3.8) is 0 Å². The molecular weight excluding hydrogens is 346 g/mol. The first-order chi connectivity index (χ1) is 13.0. The number of carbonyl (C=O) groups is 3. The topological polar surface area (TPSA) is 99.5 Å². The van der Waals surface area contributed by atoms with Crippen molar-refractivity contribution < 1.29 is 19.1 Å². The van der Waals surface area contributed by atoms with Crippen LogP contribution in [0.3, 0.4) is 0 Å². The van der Waals surface area contributed by atoms with Gasteiger partial charge in [0.05, 0.1) is 29.5 Å². The number of anilines is 2. The molecule has 0 heterocycles. The Hall–Kier alpha value is -3.66. The second-order valence-corrected chi connectivity index (χ2v) is 5.58. The van der Waals surface area contributed by atoms with E-state index in [-0.39, 0.29) is 24.6 Å². The lowest BCUT2D eigenvalue weighted by Crippen LogP contribution is -2.37. The Kier molecular flexibility index (Phi) is 6.67. The summed E-state index contributed by atoms with van der Waals surface area (Å²) in [4.78, 5) is 37.7. The first-order valence-corrected chi connectivity index (χ1v) is 8.30. The van der Waals surface area contributed by atoms with Crippen molar-refractivity contribution in [2.75, 3.05) is 23.4 Å². The summed E-state index contributed by atoms with van der Waals surface area (Å²) in [6.45, 7) is 2.98. The predicted molar refractivity (Wildman–Crippen MR) is 100 cm³/mol. The minimum atomic E-state index is -0.543. The molecule has 0 aromatic heterocycles. The fraction of sp³-hybridized carbons (Fsp3) is 0.200. The van der Waals surface area contributed by atoms with E-state index in [0.29, 0.717) is 16.9 Å². The first-order valence-electron chi connectivity index (χ1n) is 8.30. The highest BCUT2D eigenvalue weighted by Gasteiger charge is 2.19. The van der Waals surface area contributed by atoms with Gasteiger partial charge in [-0.1, -0.05) is 18.2 Å². The molecule has 0 atom stereocenters. The van der Waals surface area contributed by atoms with Crippen LogP contribution in [0.15, 0.2) is 48.5 Å². The van der Waals surface area contributed by atoms with E-state index < -0.39 is 11.9 Å². The van der Waals surface area contributed by atoms with Crippen molar-refractivity contribution in [3.8, 4) is 6.07 Å². The minimum Gasteiger partial charge on any atom is -0.462 e. The fourth-order valence-corrected chi connectivity index (χ4v) is 2.44. The fourth-order valence-electron chi connectivity index (χ4n) is 2.44. The molecule has 0 bridgehead atoms. The molecule has 0 fully saturated rings. The Balaban J connectivity index is 2.19. The van der Waals surface area contributed by atoms with Crippen molar-refractivity contribution in [2.24, 2.45) is 0 Å². The van der Waals surface area contributed by atoms with Crippen molar-refractivity contribution >= 4 is 29.2 Å². The van der Waals surface area contributed by atoms with Gasteiger partial charge in [0.25, 0.3) is 0 Å². The van der Waals surface area contributed by atoms with Crippen LogP contribution in [0, 0.1) is 11.3 Å². The van der Waals surface area contributed by atoms with E-state index >= 15 is 0 Å². The molecule has 2 rings (SSSR count). The molecule has 138 valence electrons. The molecule has 27 heavy (non-hydrogen) atoms. The zero-order valence-electron chi connectivity index (χ0n) is 15.1. The van der Waals surface area contributed by atoms with Gasteiger partial charge in [-0.2, -0.15) is 5.26 Å². The zero-order valence-corrected chi connectivity index (χ0v) is 15.1. The summed E-state index contributed by atoms with van der Waals surface area (Å²) in [6, 6.07) is 14.9. The van der Waals surface area contributed by atoms with Crippen molar-refractivity contribution in [1.29, 1.82) is 5.26 Å². The molecule has 0 radical (unpaired) electrons. The first kappa shape index (κ1) is 19.7. The van der Waals surface area contributed by atoms with Crippen molar-refractivity contribution in [1.82, 2.24) is 0 Å². The van der Waals surface area contributed by atoms with E-state index in [1.165, 1.54) is 17.9 Å². The molecule has 0 aliphatic carbocycles. The summed E-state index contributed by atoms with van der Waals surface area (Å²) in [5, 5.41) is 11.6.